The number of hydrogen-bond donors (Lipinski definition) is 1. The van der Waals surface area contributed by atoms with Gasteiger partial charge in [0.1, 0.15) is 0 Å². The van der Waals surface area contributed by atoms with Crippen LogP contribution in [0.4, 0.5) is 5.69 Å². The number of carbonyl (C=O) groups is 2. The zero-order valence-corrected chi connectivity index (χ0v) is 10.8. The first-order valence-corrected chi connectivity index (χ1v) is 6.26. The van der Waals surface area contributed by atoms with Gasteiger partial charge in [-0.25, -0.2) is 4.79 Å². The first-order valence-electron chi connectivity index (χ1n) is 5.73. The van der Waals surface area contributed by atoms with Gasteiger partial charge in [0.15, 0.2) is 0 Å². The molecule has 1 aliphatic rings. The molecule has 1 atom stereocenters. The average molecular weight is 268 g/mol. The van der Waals surface area contributed by atoms with Crippen molar-refractivity contribution in [3.63, 3.8) is 0 Å². The van der Waals surface area contributed by atoms with Gasteiger partial charge in [-0.2, -0.15) is 0 Å². The first kappa shape index (κ1) is 12.9. The van der Waals surface area contributed by atoms with E-state index in [9.17, 15) is 9.59 Å². The second-order valence-corrected chi connectivity index (χ2v) is 4.84. The van der Waals surface area contributed by atoms with Crippen molar-refractivity contribution in [2.45, 2.75) is 13.3 Å². The van der Waals surface area contributed by atoms with Crippen LogP contribution in [0.25, 0.3) is 0 Å². The van der Waals surface area contributed by atoms with Crippen molar-refractivity contribution in [3.05, 3.63) is 29.3 Å². The van der Waals surface area contributed by atoms with E-state index in [1.807, 2.05) is 0 Å². The number of carboxylic acid groups (broad SMARTS) is 1. The normalized spacial score (nSPS) is 19.3. The van der Waals surface area contributed by atoms with Crippen molar-refractivity contribution in [3.8, 4) is 0 Å². The van der Waals surface area contributed by atoms with Gasteiger partial charge in [-0.15, -0.1) is 11.6 Å². The largest absolute Gasteiger partial charge is 0.478 e. The smallest absolute Gasteiger partial charge is 0.335 e. The van der Waals surface area contributed by atoms with E-state index >= 15 is 0 Å². The SMILES string of the molecule is Cc1cc(N2CC(CCl)CC2=O)ccc1C(=O)O. The number of aryl methyl sites for hydroxylation is 1. The topological polar surface area (TPSA) is 57.6 Å². The van der Waals surface area contributed by atoms with Crippen LogP contribution in [0, 0.1) is 12.8 Å². The molecule has 0 radical (unpaired) electrons. The Morgan fingerprint density at radius 3 is 2.78 bits per heavy atom. The average Bonchev–Trinajstić information content (AvgIpc) is 2.70. The molecular weight excluding hydrogens is 254 g/mol. The highest BCUT2D eigenvalue weighted by atomic mass is 35.5. The predicted octanol–water partition coefficient (Wildman–Crippen LogP) is 2.28. The van der Waals surface area contributed by atoms with Crippen molar-refractivity contribution in [2.24, 2.45) is 5.92 Å². The molecule has 0 saturated carbocycles. The Bertz CT molecular complexity index is 501. The van der Waals surface area contributed by atoms with Crippen LogP contribution in [0.2, 0.25) is 0 Å². The molecule has 1 amide bonds. The van der Waals surface area contributed by atoms with E-state index < -0.39 is 5.97 Å². The van der Waals surface area contributed by atoms with Gasteiger partial charge in [0.25, 0.3) is 0 Å². The third-order valence-electron chi connectivity index (χ3n) is 3.18. The lowest BCUT2D eigenvalue weighted by Gasteiger charge is -2.17. The molecule has 1 saturated heterocycles. The molecule has 1 fully saturated rings. The lowest BCUT2D eigenvalue weighted by atomic mass is 10.1. The maximum atomic E-state index is 11.8. The quantitative estimate of drug-likeness (QED) is 0.855. The van der Waals surface area contributed by atoms with E-state index in [-0.39, 0.29) is 17.4 Å². The summed E-state index contributed by atoms with van der Waals surface area (Å²) >= 11 is 5.77. The molecule has 96 valence electrons. The molecule has 1 aromatic carbocycles. The van der Waals surface area contributed by atoms with Crippen LogP contribution in [0.1, 0.15) is 22.3 Å². The summed E-state index contributed by atoms with van der Waals surface area (Å²) in [6, 6.07) is 4.94. The summed E-state index contributed by atoms with van der Waals surface area (Å²) in [4.78, 5) is 24.4. The lowest BCUT2D eigenvalue weighted by molar-refractivity contribution is -0.117. The number of carboxylic acids is 1. The minimum absolute atomic E-state index is 0.0446. The van der Waals surface area contributed by atoms with Gasteiger partial charge in [0, 0.05) is 24.5 Å². The number of aromatic carboxylic acids is 1. The van der Waals surface area contributed by atoms with Gasteiger partial charge in [0.05, 0.1) is 5.56 Å². The third-order valence-corrected chi connectivity index (χ3v) is 3.61. The summed E-state index contributed by atoms with van der Waals surface area (Å²) < 4.78 is 0. The number of rotatable bonds is 3. The molecule has 1 heterocycles. The zero-order chi connectivity index (χ0) is 13.3. The highest BCUT2D eigenvalue weighted by Crippen LogP contribution is 2.27. The van der Waals surface area contributed by atoms with Crippen LogP contribution in [0.3, 0.4) is 0 Å². The van der Waals surface area contributed by atoms with E-state index in [0.29, 0.717) is 24.4 Å². The molecule has 0 aliphatic carbocycles. The fourth-order valence-electron chi connectivity index (χ4n) is 2.19. The van der Waals surface area contributed by atoms with Gasteiger partial charge in [-0.05, 0) is 36.6 Å². The number of hydrogen-bond acceptors (Lipinski definition) is 2. The van der Waals surface area contributed by atoms with E-state index in [2.05, 4.69) is 0 Å². The van der Waals surface area contributed by atoms with Gasteiger partial charge in [-0.1, -0.05) is 0 Å². The minimum Gasteiger partial charge on any atom is -0.478 e. The van der Waals surface area contributed by atoms with Crippen molar-refractivity contribution in [2.75, 3.05) is 17.3 Å². The van der Waals surface area contributed by atoms with Crippen molar-refractivity contribution >= 4 is 29.2 Å². The summed E-state index contributed by atoms with van der Waals surface area (Å²) in [6.07, 6.45) is 0.462. The lowest BCUT2D eigenvalue weighted by Crippen LogP contribution is -2.24. The summed E-state index contributed by atoms with van der Waals surface area (Å²) in [5.41, 5.74) is 1.66. The summed E-state index contributed by atoms with van der Waals surface area (Å²) in [5, 5.41) is 8.96. The number of anilines is 1. The van der Waals surface area contributed by atoms with E-state index in [0.717, 1.165) is 5.69 Å². The van der Waals surface area contributed by atoms with E-state index in [4.69, 9.17) is 16.7 Å². The van der Waals surface area contributed by atoms with Crippen LogP contribution < -0.4 is 4.90 Å². The fraction of sp³-hybridized carbons (Fsp3) is 0.385. The third kappa shape index (κ3) is 2.34. The molecule has 0 aromatic heterocycles. The highest BCUT2D eigenvalue weighted by Gasteiger charge is 2.30. The fourth-order valence-corrected chi connectivity index (χ4v) is 2.40. The Morgan fingerprint density at radius 1 is 1.56 bits per heavy atom. The number of carbonyl (C=O) groups excluding carboxylic acids is 1. The van der Waals surface area contributed by atoms with Crippen LogP contribution in [-0.4, -0.2) is 29.4 Å². The minimum atomic E-state index is -0.953. The summed E-state index contributed by atoms with van der Waals surface area (Å²) in [6.45, 7) is 2.33. The molecule has 2 rings (SSSR count). The number of alkyl halides is 1. The van der Waals surface area contributed by atoms with Crippen molar-refractivity contribution in [1.29, 1.82) is 0 Å². The van der Waals surface area contributed by atoms with Crippen molar-refractivity contribution in [1.82, 2.24) is 0 Å². The standard InChI is InChI=1S/C13H14ClNO3/c1-8-4-10(2-3-11(8)13(17)18)15-7-9(6-14)5-12(15)16/h2-4,9H,5-7H2,1H3,(H,17,18). The highest BCUT2D eigenvalue weighted by molar-refractivity contribution is 6.18. The molecule has 1 N–H and O–H groups in total. The Hall–Kier alpha value is -1.55. The molecule has 0 spiro atoms. The van der Waals surface area contributed by atoms with Crippen LogP contribution in [0.15, 0.2) is 18.2 Å². The second-order valence-electron chi connectivity index (χ2n) is 4.53. The summed E-state index contributed by atoms with van der Waals surface area (Å²) in [5.74, 6) is -0.263. The first-order chi connectivity index (χ1) is 8.52. The number of nitrogens with zero attached hydrogens (tertiary/aromatic N) is 1. The molecule has 18 heavy (non-hydrogen) atoms. The van der Waals surface area contributed by atoms with Gasteiger partial charge in [0.2, 0.25) is 5.91 Å². The Balaban J connectivity index is 2.27. The molecular formula is C13H14ClNO3. The van der Waals surface area contributed by atoms with Crippen LogP contribution in [-0.2, 0) is 4.79 Å². The zero-order valence-electron chi connectivity index (χ0n) is 10.0. The molecule has 1 unspecified atom stereocenters. The van der Waals surface area contributed by atoms with Gasteiger partial charge in [-0.3, -0.25) is 4.79 Å². The second kappa shape index (κ2) is 4.98. The van der Waals surface area contributed by atoms with E-state index in [1.165, 1.54) is 6.07 Å². The molecule has 1 aromatic rings. The number of amides is 1. The van der Waals surface area contributed by atoms with Crippen molar-refractivity contribution < 1.29 is 14.7 Å². The van der Waals surface area contributed by atoms with Gasteiger partial charge < -0.3 is 10.0 Å². The molecule has 0 bridgehead atoms. The predicted molar refractivity (Wildman–Crippen MR) is 69.3 cm³/mol. The summed E-state index contributed by atoms with van der Waals surface area (Å²) in [7, 11) is 0. The number of halogens is 1. The molecule has 5 heteroatoms. The molecule has 4 nitrogen and oxygen atoms in total. The Labute approximate surface area is 110 Å². The van der Waals surface area contributed by atoms with Crippen LogP contribution in [0.5, 0.6) is 0 Å². The monoisotopic (exact) mass is 267 g/mol. The van der Waals surface area contributed by atoms with Crippen LogP contribution >= 0.6 is 11.6 Å². The maximum Gasteiger partial charge on any atom is 0.335 e. The Kier molecular flexibility index (Phi) is 3.57. The number of benzene rings is 1. The Morgan fingerprint density at radius 2 is 2.28 bits per heavy atom. The maximum absolute atomic E-state index is 11.8. The molecule has 1 aliphatic heterocycles. The van der Waals surface area contributed by atoms with Gasteiger partial charge >= 0.3 is 5.97 Å². The van der Waals surface area contributed by atoms with E-state index in [1.54, 1.807) is 24.0 Å².